The first-order valence-corrected chi connectivity index (χ1v) is 7.24. The number of aromatic nitrogens is 2. The van der Waals surface area contributed by atoms with Crippen LogP contribution < -0.4 is 5.32 Å². The van der Waals surface area contributed by atoms with Crippen molar-refractivity contribution in [3.8, 4) is 0 Å². The van der Waals surface area contributed by atoms with E-state index >= 15 is 0 Å². The highest BCUT2D eigenvalue weighted by atomic mass is 35.5. The van der Waals surface area contributed by atoms with Gasteiger partial charge in [0.1, 0.15) is 0 Å². The normalized spacial score (nSPS) is 10.8. The summed E-state index contributed by atoms with van der Waals surface area (Å²) in [5, 5.41) is 6.17. The third-order valence-corrected chi connectivity index (χ3v) is 3.85. The van der Waals surface area contributed by atoms with E-state index in [1.54, 1.807) is 0 Å². The molecule has 1 heterocycles. The summed E-state index contributed by atoms with van der Waals surface area (Å²) in [7, 11) is 0. The van der Waals surface area contributed by atoms with E-state index in [2.05, 4.69) is 51.7 Å². The lowest BCUT2D eigenvalue weighted by atomic mass is 10.0. The lowest BCUT2D eigenvalue weighted by Gasteiger charge is -2.11. The lowest BCUT2D eigenvalue weighted by molar-refractivity contribution is 1.02. The third-order valence-electron chi connectivity index (χ3n) is 3.59. The molecule has 1 aromatic heterocycles. The van der Waals surface area contributed by atoms with E-state index in [-0.39, 0.29) is 0 Å². The van der Waals surface area contributed by atoms with Crippen LogP contribution in [0.15, 0.2) is 42.5 Å². The van der Waals surface area contributed by atoms with Crippen molar-refractivity contribution in [2.24, 2.45) is 0 Å². The molecule has 4 heteroatoms. The van der Waals surface area contributed by atoms with Crippen LogP contribution in [0.5, 0.6) is 0 Å². The summed E-state index contributed by atoms with van der Waals surface area (Å²) in [6, 6.07) is 14.6. The van der Waals surface area contributed by atoms with Crippen LogP contribution in [0, 0.1) is 13.8 Å². The van der Waals surface area contributed by atoms with Gasteiger partial charge in [0.05, 0.1) is 11.4 Å². The van der Waals surface area contributed by atoms with Gasteiger partial charge in [-0.1, -0.05) is 54.1 Å². The number of benzene rings is 2. The third kappa shape index (κ3) is 2.83. The molecule has 0 aliphatic heterocycles. The monoisotopic (exact) mass is 297 g/mol. The van der Waals surface area contributed by atoms with Gasteiger partial charge in [0, 0.05) is 6.54 Å². The molecule has 0 amide bonds. The second-order valence-corrected chi connectivity index (χ2v) is 5.38. The van der Waals surface area contributed by atoms with Crippen LogP contribution in [0.1, 0.15) is 17.0 Å². The predicted octanol–water partition coefficient (Wildman–Crippen LogP) is 4.51. The van der Waals surface area contributed by atoms with Gasteiger partial charge in [0.2, 0.25) is 0 Å². The Morgan fingerprint density at radius 3 is 2.52 bits per heavy atom. The summed E-state index contributed by atoms with van der Waals surface area (Å²) in [6.45, 7) is 4.50. The Kier molecular flexibility index (Phi) is 3.76. The summed E-state index contributed by atoms with van der Waals surface area (Å²) in [6.07, 6.45) is 0. The Balaban J connectivity index is 1.89. The Hall–Kier alpha value is -2.13. The summed E-state index contributed by atoms with van der Waals surface area (Å²) in [5.74, 6) is 0.632. The summed E-state index contributed by atoms with van der Waals surface area (Å²) in [4.78, 5) is 8.75. The second-order valence-electron chi connectivity index (χ2n) is 5.03. The Labute approximate surface area is 129 Å². The van der Waals surface area contributed by atoms with Gasteiger partial charge in [-0.25, -0.2) is 9.97 Å². The van der Waals surface area contributed by atoms with E-state index in [1.807, 2.05) is 19.9 Å². The number of hydrogen-bond acceptors (Lipinski definition) is 3. The number of nitrogens with zero attached hydrogens (tertiary/aromatic N) is 2. The van der Waals surface area contributed by atoms with Gasteiger partial charge in [0.25, 0.3) is 0 Å². The Morgan fingerprint density at radius 1 is 0.952 bits per heavy atom. The van der Waals surface area contributed by atoms with Crippen LogP contribution in [0.2, 0.25) is 5.15 Å². The van der Waals surface area contributed by atoms with E-state index in [9.17, 15) is 0 Å². The van der Waals surface area contributed by atoms with Crippen LogP contribution in [0.4, 0.5) is 5.82 Å². The molecule has 21 heavy (non-hydrogen) atoms. The molecule has 0 bridgehead atoms. The molecule has 0 radical (unpaired) electrons. The average molecular weight is 298 g/mol. The number of fused-ring (bicyclic) bond motifs is 1. The number of rotatable bonds is 3. The Bertz CT molecular complexity index is 794. The fourth-order valence-corrected chi connectivity index (χ4v) is 2.55. The van der Waals surface area contributed by atoms with Crippen LogP contribution in [0.25, 0.3) is 10.8 Å². The zero-order valence-electron chi connectivity index (χ0n) is 12.0. The van der Waals surface area contributed by atoms with Gasteiger partial charge in [-0.3, -0.25) is 0 Å². The van der Waals surface area contributed by atoms with Crippen molar-refractivity contribution >= 4 is 28.2 Å². The van der Waals surface area contributed by atoms with Crippen molar-refractivity contribution in [3.63, 3.8) is 0 Å². The van der Waals surface area contributed by atoms with E-state index in [0.717, 1.165) is 11.4 Å². The maximum Gasteiger partial charge on any atom is 0.171 e. The number of aryl methyl sites for hydroxylation is 2. The van der Waals surface area contributed by atoms with Crippen LogP contribution in [-0.2, 0) is 6.54 Å². The van der Waals surface area contributed by atoms with Gasteiger partial charge in [-0.15, -0.1) is 0 Å². The fourth-order valence-electron chi connectivity index (χ4n) is 2.31. The molecule has 0 saturated heterocycles. The minimum atomic E-state index is 0.415. The molecule has 0 spiro atoms. The predicted molar refractivity (Wildman–Crippen MR) is 87.8 cm³/mol. The first-order chi connectivity index (χ1) is 10.1. The number of hydrogen-bond donors (Lipinski definition) is 1. The molecule has 2 aromatic carbocycles. The van der Waals surface area contributed by atoms with Crippen LogP contribution >= 0.6 is 11.6 Å². The van der Waals surface area contributed by atoms with E-state index in [1.165, 1.54) is 16.3 Å². The molecular formula is C17H16ClN3. The quantitative estimate of drug-likeness (QED) is 0.773. The second kappa shape index (κ2) is 5.70. The highest BCUT2D eigenvalue weighted by Gasteiger charge is 2.07. The lowest BCUT2D eigenvalue weighted by Crippen LogP contribution is -2.05. The first-order valence-electron chi connectivity index (χ1n) is 6.86. The minimum Gasteiger partial charge on any atom is -0.363 e. The van der Waals surface area contributed by atoms with Gasteiger partial charge in [0.15, 0.2) is 11.0 Å². The topological polar surface area (TPSA) is 37.8 Å². The summed E-state index contributed by atoms with van der Waals surface area (Å²) >= 11 is 6.15. The molecule has 0 aliphatic rings. The number of nitrogens with one attached hydrogen (secondary N) is 1. The highest BCUT2D eigenvalue weighted by molar-refractivity contribution is 6.31. The molecule has 3 rings (SSSR count). The van der Waals surface area contributed by atoms with Crippen molar-refractivity contribution in [2.75, 3.05) is 5.32 Å². The van der Waals surface area contributed by atoms with E-state index in [0.29, 0.717) is 17.5 Å². The van der Waals surface area contributed by atoms with Gasteiger partial charge >= 0.3 is 0 Å². The molecular weight excluding hydrogens is 282 g/mol. The molecule has 106 valence electrons. The smallest absolute Gasteiger partial charge is 0.171 e. The van der Waals surface area contributed by atoms with E-state index < -0.39 is 0 Å². The molecule has 3 aromatic rings. The number of anilines is 1. The molecule has 0 atom stereocenters. The minimum absolute atomic E-state index is 0.415. The molecule has 0 saturated carbocycles. The van der Waals surface area contributed by atoms with Gasteiger partial charge in [-0.2, -0.15) is 0 Å². The Morgan fingerprint density at radius 2 is 1.67 bits per heavy atom. The van der Waals surface area contributed by atoms with E-state index in [4.69, 9.17) is 11.6 Å². The van der Waals surface area contributed by atoms with Crippen molar-refractivity contribution in [1.82, 2.24) is 9.97 Å². The summed E-state index contributed by atoms with van der Waals surface area (Å²) < 4.78 is 0. The van der Waals surface area contributed by atoms with Crippen molar-refractivity contribution in [1.29, 1.82) is 0 Å². The zero-order valence-corrected chi connectivity index (χ0v) is 12.8. The fraction of sp³-hybridized carbons (Fsp3) is 0.176. The standard InChI is InChI=1S/C17H16ClN3/c1-11-12(2)21-17(16(18)20-11)19-10-14-8-5-7-13-6-3-4-9-15(13)14/h3-9H,10H2,1-2H3,(H,19,21). The molecule has 1 N–H and O–H groups in total. The molecule has 0 unspecified atom stereocenters. The number of halogens is 1. The van der Waals surface area contributed by atoms with Gasteiger partial charge < -0.3 is 5.32 Å². The maximum atomic E-state index is 6.15. The maximum absolute atomic E-state index is 6.15. The largest absolute Gasteiger partial charge is 0.363 e. The van der Waals surface area contributed by atoms with Gasteiger partial charge in [-0.05, 0) is 30.2 Å². The summed E-state index contributed by atoms with van der Waals surface area (Å²) in [5.41, 5.74) is 2.96. The first kappa shape index (κ1) is 13.8. The molecule has 0 fully saturated rings. The van der Waals surface area contributed by atoms with Crippen LogP contribution in [-0.4, -0.2) is 9.97 Å². The molecule has 0 aliphatic carbocycles. The average Bonchev–Trinajstić information content (AvgIpc) is 2.49. The van der Waals surface area contributed by atoms with Crippen molar-refractivity contribution in [3.05, 3.63) is 64.6 Å². The SMILES string of the molecule is Cc1nc(Cl)c(NCc2cccc3ccccc23)nc1C. The zero-order chi connectivity index (χ0) is 14.8. The van der Waals surface area contributed by atoms with Crippen LogP contribution in [0.3, 0.4) is 0 Å². The highest BCUT2D eigenvalue weighted by Crippen LogP contribution is 2.22. The molecule has 3 nitrogen and oxygen atoms in total. The van der Waals surface area contributed by atoms with Crippen molar-refractivity contribution < 1.29 is 0 Å². The van der Waals surface area contributed by atoms with Crippen molar-refractivity contribution in [2.45, 2.75) is 20.4 Å².